The van der Waals surface area contributed by atoms with Crippen LogP contribution < -0.4 is 0 Å². The first kappa shape index (κ1) is 9.86. The molecule has 11 heavy (non-hydrogen) atoms. The number of carbonyl (C=O) groups excluding carboxylic acids is 1. The van der Waals surface area contributed by atoms with E-state index in [4.69, 9.17) is 10.00 Å². The van der Waals surface area contributed by atoms with Crippen molar-refractivity contribution in [1.29, 1.82) is 5.26 Å². The number of rotatable bonds is 5. The summed E-state index contributed by atoms with van der Waals surface area (Å²) in [6.07, 6.45) is 1.47. The van der Waals surface area contributed by atoms with Crippen molar-refractivity contribution < 1.29 is 9.53 Å². The fourth-order valence-electron chi connectivity index (χ4n) is 0.496. The molecule has 0 saturated heterocycles. The third-order valence-electron chi connectivity index (χ3n) is 1.12. The highest BCUT2D eigenvalue weighted by molar-refractivity contribution is 5.58. The molecule has 0 heterocycles. The largest absolute Gasteiger partial charge is 0.372 e. The summed E-state index contributed by atoms with van der Waals surface area (Å²) in [6, 6.07) is 1.77. The van der Waals surface area contributed by atoms with E-state index in [1.807, 2.05) is 0 Å². The molecule has 0 aromatic heterocycles. The number of hydrogen-bond donors (Lipinski definition) is 0. The van der Waals surface area contributed by atoms with E-state index in [-0.39, 0.29) is 0 Å². The van der Waals surface area contributed by atoms with E-state index in [1.54, 1.807) is 6.07 Å². The molecule has 0 aliphatic heterocycles. The molecule has 3 nitrogen and oxygen atoms in total. The van der Waals surface area contributed by atoms with Crippen LogP contribution in [0.4, 0.5) is 0 Å². The number of nitriles is 1. The second-order valence-corrected chi connectivity index (χ2v) is 1.95. The Morgan fingerprint density at radius 2 is 2.36 bits per heavy atom. The summed E-state index contributed by atoms with van der Waals surface area (Å²) in [5.41, 5.74) is 0. The molecule has 3 heteroatoms. The zero-order valence-electron chi connectivity index (χ0n) is 6.19. The van der Waals surface area contributed by atoms with Gasteiger partial charge in [0.05, 0.1) is 18.8 Å². The summed E-state index contributed by atoms with van der Waals surface area (Å²) in [5, 5.41) is 8.37. The predicted molar refractivity (Wildman–Crippen MR) is 40.5 cm³/mol. The quantitative estimate of drug-likeness (QED) is 0.431. The van der Waals surface area contributed by atoms with Crippen molar-refractivity contribution in [3.8, 4) is 6.07 Å². The summed E-state index contributed by atoms with van der Waals surface area (Å²) in [7, 11) is 0. The monoisotopic (exact) mass is 152 g/mol. The average Bonchev–Trinajstić information content (AvgIpc) is 2.03. The first-order valence-electron chi connectivity index (χ1n) is 3.16. The topological polar surface area (TPSA) is 50.1 Å². The SMILES string of the molecule is [CH2]C(OCC=C)C(C#N)C=O. The summed E-state index contributed by atoms with van der Waals surface area (Å²) < 4.78 is 4.95. The van der Waals surface area contributed by atoms with Gasteiger partial charge >= 0.3 is 0 Å². The maximum atomic E-state index is 10.2. The van der Waals surface area contributed by atoms with E-state index < -0.39 is 12.0 Å². The Balaban J connectivity index is 3.80. The molecule has 0 aliphatic carbocycles. The van der Waals surface area contributed by atoms with Gasteiger partial charge in [-0.3, -0.25) is 0 Å². The molecule has 0 rings (SSSR count). The Hall–Kier alpha value is -1.14. The van der Waals surface area contributed by atoms with Gasteiger partial charge in [-0.25, -0.2) is 0 Å². The van der Waals surface area contributed by atoms with Crippen molar-refractivity contribution in [2.45, 2.75) is 6.10 Å². The Morgan fingerprint density at radius 1 is 1.73 bits per heavy atom. The number of aldehydes is 1. The zero-order valence-corrected chi connectivity index (χ0v) is 6.19. The van der Waals surface area contributed by atoms with Crippen LogP contribution in [-0.4, -0.2) is 19.0 Å². The number of carbonyl (C=O) groups is 1. The second kappa shape index (κ2) is 5.63. The highest BCUT2D eigenvalue weighted by atomic mass is 16.5. The van der Waals surface area contributed by atoms with E-state index in [1.165, 1.54) is 6.08 Å². The third kappa shape index (κ3) is 3.54. The van der Waals surface area contributed by atoms with Crippen LogP contribution in [0, 0.1) is 24.2 Å². The van der Waals surface area contributed by atoms with Gasteiger partial charge in [-0.1, -0.05) is 6.08 Å². The Kier molecular flexibility index (Phi) is 5.05. The van der Waals surface area contributed by atoms with Crippen LogP contribution in [0.5, 0.6) is 0 Å². The van der Waals surface area contributed by atoms with E-state index >= 15 is 0 Å². The molecule has 2 unspecified atom stereocenters. The Morgan fingerprint density at radius 3 is 2.73 bits per heavy atom. The van der Waals surface area contributed by atoms with Crippen molar-refractivity contribution in [3.05, 3.63) is 19.6 Å². The van der Waals surface area contributed by atoms with Crippen molar-refractivity contribution in [3.63, 3.8) is 0 Å². The molecule has 0 amide bonds. The van der Waals surface area contributed by atoms with E-state index in [0.29, 0.717) is 12.9 Å². The van der Waals surface area contributed by atoms with Gasteiger partial charge in [-0.15, -0.1) is 6.58 Å². The lowest BCUT2D eigenvalue weighted by molar-refractivity contribution is -0.112. The van der Waals surface area contributed by atoms with Gasteiger partial charge in [0.2, 0.25) is 0 Å². The van der Waals surface area contributed by atoms with Crippen LogP contribution in [0.1, 0.15) is 0 Å². The van der Waals surface area contributed by atoms with Gasteiger partial charge in [-0.05, 0) is 6.92 Å². The molecule has 1 radical (unpaired) electrons. The van der Waals surface area contributed by atoms with Gasteiger partial charge < -0.3 is 9.53 Å². The molecule has 2 atom stereocenters. The molecule has 0 saturated carbocycles. The summed E-state index contributed by atoms with van der Waals surface area (Å²) in [6.45, 7) is 7.22. The maximum Gasteiger partial charge on any atom is 0.139 e. The maximum absolute atomic E-state index is 10.2. The minimum absolute atomic E-state index is 0.306. The number of nitrogens with zero attached hydrogens (tertiary/aromatic N) is 1. The molecule has 0 aromatic carbocycles. The van der Waals surface area contributed by atoms with Crippen molar-refractivity contribution in [2.75, 3.05) is 6.61 Å². The fraction of sp³-hybridized carbons (Fsp3) is 0.375. The van der Waals surface area contributed by atoms with Crippen LogP contribution in [-0.2, 0) is 9.53 Å². The van der Waals surface area contributed by atoms with Crippen LogP contribution in [0.25, 0.3) is 0 Å². The summed E-state index contributed by atoms with van der Waals surface area (Å²) in [4.78, 5) is 10.2. The molecular formula is C8H10NO2. The Bertz CT molecular complexity index is 171. The molecule has 0 bridgehead atoms. The first-order valence-corrected chi connectivity index (χ1v) is 3.16. The average molecular weight is 152 g/mol. The third-order valence-corrected chi connectivity index (χ3v) is 1.12. The normalized spacial score (nSPS) is 14.5. The predicted octanol–water partition coefficient (Wildman–Crippen LogP) is 0.730. The molecule has 0 aliphatic rings. The van der Waals surface area contributed by atoms with Gasteiger partial charge in [0.1, 0.15) is 12.2 Å². The van der Waals surface area contributed by atoms with Crippen LogP contribution >= 0.6 is 0 Å². The van der Waals surface area contributed by atoms with Crippen LogP contribution in [0.2, 0.25) is 0 Å². The van der Waals surface area contributed by atoms with Gasteiger partial charge in [0, 0.05) is 0 Å². The molecule has 59 valence electrons. The van der Waals surface area contributed by atoms with Crippen LogP contribution in [0.15, 0.2) is 12.7 Å². The van der Waals surface area contributed by atoms with E-state index in [2.05, 4.69) is 13.5 Å². The molecule has 0 fully saturated rings. The molecule has 0 aromatic rings. The minimum atomic E-state index is -0.782. The molecule has 0 N–H and O–H groups in total. The summed E-state index contributed by atoms with van der Waals surface area (Å²) in [5.74, 6) is -0.782. The van der Waals surface area contributed by atoms with Crippen molar-refractivity contribution in [2.24, 2.45) is 5.92 Å². The van der Waals surface area contributed by atoms with Gasteiger partial charge in [0.25, 0.3) is 0 Å². The highest BCUT2D eigenvalue weighted by Crippen LogP contribution is 2.02. The lowest BCUT2D eigenvalue weighted by Gasteiger charge is -2.11. The van der Waals surface area contributed by atoms with E-state index in [9.17, 15) is 4.79 Å². The fourth-order valence-corrected chi connectivity index (χ4v) is 0.496. The van der Waals surface area contributed by atoms with E-state index in [0.717, 1.165) is 0 Å². The summed E-state index contributed by atoms with van der Waals surface area (Å²) >= 11 is 0. The molecular weight excluding hydrogens is 142 g/mol. The van der Waals surface area contributed by atoms with Crippen molar-refractivity contribution >= 4 is 6.29 Å². The highest BCUT2D eigenvalue weighted by Gasteiger charge is 2.15. The standard InChI is InChI=1S/C8H10NO2/c1-3-4-11-7(2)8(5-9)6-10/h3,6-8H,1-2,4H2. The zero-order chi connectivity index (χ0) is 8.69. The lowest BCUT2D eigenvalue weighted by Crippen LogP contribution is -2.20. The lowest BCUT2D eigenvalue weighted by atomic mass is 10.1. The van der Waals surface area contributed by atoms with Gasteiger partial charge in [0.15, 0.2) is 0 Å². The number of hydrogen-bond acceptors (Lipinski definition) is 3. The number of ether oxygens (including phenoxy) is 1. The second-order valence-electron chi connectivity index (χ2n) is 1.95. The van der Waals surface area contributed by atoms with Gasteiger partial charge in [-0.2, -0.15) is 5.26 Å². The smallest absolute Gasteiger partial charge is 0.139 e. The first-order chi connectivity index (χ1) is 5.26. The Labute approximate surface area is 66.3 Å². The van der Waals surface area contributed by atoms with Crippen molar-refractivity contribution in [1.82, 2.24) is 0 Å². The minimum Gasteiger partial charge on any atom is -0.372 e. The van der Waals surface area contributed by atoms with Crippen LogP contribution in [0.3, 0.4) is 0 Å². The molecule has 0 spiro atoms.